The van der Waals surface area contributed by atoms with Gasteiger partial charge in [-0.25, -0.2) is 0 Å². The molecule has 1 aliphatic carbocycles. The molecule has 1 saturated carbocycles. The van der Waals surface area contributed by atoms with Gasteiger partial charge >= 0.3 is 0 Å². The fraction of sp³-hybridized carbons (Fsp3) is 1.00. The van der Waals surface area contributed by atoms with Gasteiger partial charge < -0.3 is 10.1 Å². The van der Waals surface area contributed by atoms with E-state index in [0.29, 0.717) is 10.8 Å². The SMILES string of the molecule is COCCNCC1(CCCSC)CCC(C(C)(C)C)CC1. The van der Waals surface area contributed by atoms with Crippen LogP contribution in [0.3, 0.4) is 0 Å². The molecule has 0 aromatic heterocycles. The van der Waals surface area contributed by atoms with Crippen molar-refractivity contribution in [1.29, 1.82) is 0 Å². The Balaban J connectivity index is 2.50. The molecule has 3 heteroatoms. The van der Waals surface area contributed by atoms with Crippen LogP contribution in [-0.2, 0) is 4.74 Å². The highest BCUT2D eigenvalue weighted by molar-refractivity contribution is 7.98. The lowest BCUT2D eigenvalue weighted by Gasteiger charge is -2.44. The third kappa shape index (κ3) is 6.92. The Labute approximate surface area is 137 Å². The third-order valence-electron chi connectivity index (χ3n) is 5.31. The Kier molecular flexibility index (Phi) is 8.66. The van der Waals surface area contributed by atoms with Crippen molar-refractivity contribution in [2.45, 2.75) is 59.3 Å². The van der Waals surface area contributed by atoms with Crippen molar-refractivity contribution in [3.63, 3.8) is 0 Å². The van der Waals surface area contributed by atoms with Crippen LogP contribution in [0.1, 0.15) is 59.3 Å². The van der Waals surface area contributed by atoms with Crippen LogP contribution < -0.4 is 5.32 Å². The molecular weight excluding hydrogens is 278 g/mol. The molecule has 0 saturated heterocycles. The zero-order chi connectivity index (χ0) is 15.8. The maximum atomic E-state index is 5.16. The number of nitrogens with one attached hydrogen (secondary N) is 1. The standard InChI is InChI=1S/C18H37NOS/c1-17(2,3)16-7-10-18(11-8-16,9-6-14-21-5)15-19-12-13-20-4/h16,19H,6-15H2,1-5H3. The van der Waals surface area contributed by atoms with E-state index < -0.39 is 0 Å². The van der Waals surface area contributed by atoms with Gasteiger partial charge in [-0.2, -0.15) is 11.8 Å². The van der Waals surface area contributed by atoms with E-state index in [2.05, 4.69) is 32.3 Å². The van der Waals surface area contributed by atoms with Gasteiger partial charge in [0.1, 0.15) is 0 Å². The normalized spacial score (nSPS) is 27.0. The Bertz CT molecular complexity index is 267. The van der Waals surface area contributed by atoms with Gasteiger partial charge in [0.25, 0.3) is 0 Å². The van der Waals surface area contributed by atoms with E-state index in [1.165, 1.54) is 50.8 Å². The average Bonchev–Trinajstić information content (AvgIpc) is 2.44. The second-order valence-electron chi connectivity index (χ2n) is 7.91. The maximum absolute atomic E-state index is 5.16. The van der Waals surface area contributed by atoms with E-state index in [1.54, 1.807) is 7.11 Å². The highest BCUT2D eigenvalue weighted by Gasteiger charge is 2.37. The number of ether oxygens (including phenoxy) is 1. The van der Waals surface area contributed by atoms with Crippen molar-refractivity contribution in [3.8, 4) is 0 Å². The summed E-state index contributed by atoms with van der Waals surface area (Å²) in [5.74, 6) is 2.22. The topological polar surface area (TPSA) is 21.3 Å². The molecule has 0 aromatic rings. The molecule has 2 nitrogen and oxygen atoms in total. The first kappa shape index (κ1) is 19.3. The summed E-state index contributed by atoms with van der Waals surface area (Å²) in [5, 5.41) is 3.65. The second-order valence-corrected chi connectivity index (χ2v) is 8.89. The molecule has 1 N–H and O–H groups in total. The Hall–Kier alpha value is 0.270. The molecule has 0 spiro atoms. The molecule has 0 atom stereocenters. The lowest BCUT2D eigenvalue weighted by atomic mass is 9.62. The zero-order valence-electron chi connectivity index (χ0n) is 15.0. The molecule has 0 amide bonds. The van der Waals surface area contributed by atoms with E-state index >= 15 is 0 Å². The molecule has 21 heavy (non-hydrogen) atoms. The largest absolute Gasteiger partial charge is 0.383 e. The van der Waals surface area contributed by atoms with Gasteiger partial charge in [-0.15, -0.1) is 0 Å². The summed E-state index contributed by atoms with van der Waals surface area (Å²) in [6, 6.07) is 0. The Morgan fingerprint density at radius 1 is 1.24 bits per heavy atom. The van der Waals surface area contributed by atoms with Crippen LogP contribution in [0, 0.1) is 16.7 Å². The molecule has 0 radical (unpaired) electrons. The fourth-order valence-corrected chi connectivity index (χ4v) is 4.16. The van der Waals surface area contributed by atoms with E-state index in [4.69, 9.17) is 4.74 Å². The lowest BCUT2D eigenvalue weighted by Crippen LogP contribution is -2.40. The molecule has 1 rings (SSSR count). The van der Waals surface area contributed by atoms with Crippen LogP contribution >= 0.6 is 11.8 Å². The molecular formula is C18H37NOS. The van der Waals surface area contributed by atoms with Crippen LogP contribution in [0.2, 0.25) is 0 Å². The molecule has 0 aliphatic heterocycles. The maximum Gasteiger partial charge on any atom is 0.0587 e. The summed E-state index contributed by atoms with van der Waals surface area (Å²) < 4.78 is 5.16. The third-order valence-corrected chi connectivity index (χ3v) is 6.01. The molecule has 126 valence electrons. The summed E-state index contributed by atoms with van der Waals surface area (Å²) in [4.78, 5) is 0. The van der Waals surface area contributed by atoms with Gasteiger partial charge in [0, 0.05) is 20.2 Å². The van der Waals surface area contributed by atoms with Crippen LogP contribution in [0.4, 0.5) is 0 Å². The van der Waals surface area contributed by atoms with E-state index in [0.717, 1.165) is 19.1 Å². The predicted molar refractivity (Wildman–Crippen MR) is 96.2 cm³/mol. The van der Waals surface area contributed by atoms with E-state index in [9.17, 15) is 0 Å². The fourth-order valence-electron chi connectivity index (χ4n) is 3.73. The first-order valence-corrected chi connectivity index (χ1v) is 10.0. The lowest BCUT2D eigenvalue weighted by molar-refractivity contribution is 0.0774. The first-order valence-electron chi connectivity index (χ1n) is 8.62. The number of hydrogen-bond donors (Lipinski definition) is 1. The summed E-state index contributed by atoms with van der Waals surface area (Å²) in [6.45, 7) is 10.2. The molecule has 0 aromatic carbocycles. The molecule has 1 aliphatic rings. The zero-order valence-corrected chi connectivity index (χ0v) is 15.8. The summed E-state index contributed by atoms with van der Waals surface area (Å²) in [7, 11) is 1.78. The van der Waals surface area contributed by atoms with Gasteiger partial charge in [0.15, 0.2) is 0 Å². The summed E-state index contributed by atoms with van der Waals surface area (Å²) in [6.07, 6.45) is 10.6. The van der Waals surface area contributed by atoms with E-state index in [1.807, 2.05) is 11.8 Å². The Morgan fingerprint density at radius 3 is 2.43 bits per heavy atom. The van der Waals surface area contributed by atoms with Crippen LogP contribution in [0.5, 0.6) is 0 Å². The predicted octanol–water partition coefficient (Wildman–Crippen LogP) is 4.59. The van der Waals surface area contributed by atoms with Crippen molar-refractivity contribution in [1.82, 2.24) is 5.32 Å². The van der Waals surface area contributed by atoms with E-state index in [-0.39, 0.29) is 0 Å². The number of methoxy groups -OCH3 is 1. The quantitative estimate of drug-likeness (QED) is 0.629. The van der Waals surface area contributed by atoms with Crippen molar-refractivity contribution in [2.24, 2.45) is 16.7 Å². The minimum atomic E-state index is 0.481. The highest BCUT2D eigenvalue weighted by Crippen LogP contribution is 2.47. The summed E-state index contributed by atoms with van der Waals surface area (Å²) >= 11 is 1.99. The van der Waals surface area contributed by atoms with Crippen molar-refractivity contribution >= 4 is 11.8 Å². The van der Waals surface area contributed by atoms with Crippen molar-refractivity contribution in [2.75, 3.05) is 38.8 Å². The number of thioether (sulfide) groups is 1. The van der Waals surface area contributed by atoms with Gasteiger partial charge in [-0.1, -0.05) is 20.8 Å². The van der Waals surface area contributed by atoms with Crippen LogP contribution in [0.25, 0.3) is 0 Å². The van der Waals surface area contributed by atoms with Crippen LogP contribution in [0.15, 0.2) is 0 Å². The van der Waals surface area contributed by atoms with Crippen molar-refractivity contribution in [3.05, 3.63) is 0 Å². The number of hydrogen-bond acceptors (Lipinski definition) is 3. The van der Waals surface area contributed by atoms with Crippen molar-refractivity contribution < 1.29 is 4.74 Å². The first-order chi connectivity index (χ1) is 9.93. The average molecular weight is 316 g/mol. The number of rotatable bonds is 9. The molecule has 0 heterocycles. The van der Waals surface area contributed by atoms with Gasteiger partial charge in [-0.3, -0.25) is 0 Å². The monoisotopic (exact) mass is 315 g/mol. The Morgan fingerprint density at radius 2 is 1.90 bits per heavy atom. The minimum absolute atomic E-state index is 0.481. The molecule has 1 fully saturated rings. The summed E-state index contributed by atoms with van der Waals surface area (Å²) in [5.41, 5.74) is 1.03. The van der Waals surface area contributed by atoms with Gasteiger partial charge in [0.2, 0.25) is 0 Å². The molecule has 0 unspecified atom stereocenters. The van der Waals surface area contributed by atoms with Crippen LogP contribution in [-0.4, -0.2) is 38.8 Å². The van der Waals surface area contributed by atoms with Gasteiger partial charge in [-0.05, 0) is 67.3 Å². The van der Waals surface area contributed by atoms with Gasteiger partial charge in [0.05, 0.1) is 6.61 Å². The molecule has 0 bridgehead atoms. The smallest absolute Gasteiger partial charge is 0.0587 e. The minimum Gasteiger partial charge on any atom is -0.383 e. The highest BCUT2D eigenvalue weighted by atomic mass is 32.2. The second kappa shape index (κ2) is 9.42.